The minimum Gasteiger partial charge on any atom is -0.497 e. The first-order chi connectivity index (χ1) is 12.6. The van der Waals surface area contributed by atoms with Gasteiger partial charge in [0.25, 0.3) is 11.8 Å². The van der Waals surface area contributed by atoms with Gasteiger partial charge in [0.05, 0.1) is 18.2 Å². The molecule has 0 radical (unpaired) electrons. The molecule has 2 aromatic rings. The van der Waals surface area contributed by atoms with E-state index in [0.29, 0.717) is 22.6 Å². The lowest BCUT2D eigenvalue weighted by Gasteiger charge is -2.13. The SMILES string of the molecule is COc1ccc(OCCOC(=O)CN2C(=O)c3ccccc3C2=O)cc1. The summed E-state index contributed by atoms with van der Waals surface area (Å²) >= 11 is 0. The highest BCUT2D eigenvalue weighted by Gasteiger charge is 2.36. The molecule has 0 saturated carbocycles. The van der Waals surface area contributed by atoms with Gasteiger partial charge in [-0.05, 0) is 36.4 Å². The molecule has 134 valence electrons. The van der Waals surface area contributed by atoms with Crippen molar-refractivity contribution in [2.75, 3.05) is 26.9 Å². The molecule has 0 fully saturated rings. The molecule has 2 aromatic carbocycles. The largest absolute Gasteiger partial charge is 0.497 e. The van der Waals surface area contributed by atoms with Crippen molar-refractivity contribution in [1.29, 1.82) is 0 Å². The molecule has 7 heteroatoms. The zero-order valence-electron chi connectivity index (χ0n) is 14.1. The molecule has 2 amide bonds. The smallest absolute Gasteiger partial charge is 0.326 e. The summed E-state index contributed by atoms with van der Waals surface area (Å²) in [6.07, 6.45) is 0. The van der Waals surface area contributed by atoms with Gasteiger partial charge in [-0.1, -0.05) is 12.1 Å². The number of imide groups is 1. The van der Waals surface area contributed by atoms with Crippen LogP contribution in [-0.4, -0.2) is 49.6 Å². The number of esters is 1. The third-order valence-corrected chi connectivity index (χ3v) is 3.84. The van der Waals surface area contributed by atoms with Gasteiger partial charge in [0, 0.05) is 0 Å². The number of carbonyl (C=O) groups excluding carboxylic acids is 3. The summed E-state index contributed by atoms with van der Waals surface area (Å²) in [7, 11) is 1.57. The summed E-state index contributed by atoms with van der Waals surface area (Å²) in [6.45, 7) is -0.261. The molecule has 0 unspecified atom stereocenters. The van der Waals surface area contributed by atoms with E-state index in [0.717, 1.165) is 4.90 Å². The number of rotatable bonds is 7. The van der Waals surface area contributed by atoms with Crippen LogP contribution in [0.3, 0.4) is 0 Å². The first-order valence-corrected chi connectivity index (χ1v) is 7.98. The fourth-order valence-electron chi connectivity index (χ4n) is 2.54. The second kappa shape index (κ2) is 7.69. The third kappa shape index (κ3) is 3.66. The van der Waals surface area contributed by atoms with Gasteiger partial charge in [0.1, 0.15) is 31.3 Å². The third-order valence-electron chi connectivity index (χ3n) is 3.84. The van der Waals surface area contributed by atoms with Gasteiger partial charge in [-0.15, -0.1) is 0 Å². The van der Waals surface area contributed by atoms with Crippen LogP contribution in [0.25, 0.3) is 0 Å². The van der Waals surface area contributed by atoms with Gasteiger partial charge in [-0.25, -0.2) is 0 Å². The van der Waals surface area contributed by atoms with Crippen LogP contribution in [0.4, 0.5) is 0 Å². The predicted molar refractivity (Wildman–Crippen MR) is 91.3 cm³/mol. The number of carbonyl (C=O) groups is 3. The number of nitrogens with zero attached hydrogens (tertiary/aromatic N) is 1. The first-order valence-electron chi connectivity index (χ1n) is 7.98. The Morgan fingerprint density at radius 3 is 2.04 bits per heavy atom. The van der Waals surface area contributed by atoms with E-state index in [4.69, 9.17) is 14.2 Å². The van der Waals surface area contributed by atoms with E-state index in [1.807, 2.05) is 0 Å². The van der Waals surface area contributed by atoms with E-state index in [1.54, 1.807) is 55.6 Å². The quantitative estimate of drug-likeness (QED) is 0.429. The Bertz CT molecular complexity index is 795. The fourth-order valence-corrected chi connectivity index (χ4v) is 2.54. The number of benzene rings is 2. The second-order valence-electron chi connectivity index (χ2n) is 5.49. The molecule has 1 aliphatic rings. The number of amides is 2. The standard InChI is InChI=1S/C19H17NO6/c1-24-13-6-8-14(9-7-13)25-10-11-26-17(21)12-20-18(22)15-4-2-3-5-16(15)19(20)23/h2-9H,10-12H2,1H3. The molecular formula is C19H17NO6. The van der Waals surface area contributed by atoms with Gasteiger partial charge in [0.2, 0.25) is 0 Å². The molecule has 3 rings (SSSR count). The Kier molecular flexibility index (Phi) is 5.17. The molecule has 0 bridgehead atoms. The molecule has 0 N–H and O–H groups in total. The monoisotopic (exact) mass is 355 g/mol. The first kappa shape index (κ1) is 17.5. The van der Waals surface area contributed by atoms with Crippen molar-refractivity contribution in [3.63, 3.8) is 0 Å². The van der Waals surface area contributed by atoms with Gasteiger partial charge in [-0.2, -0.15) is 0 Å². The second-order valence-corrected chi connectivity index (χ2v) is 5.49. The van der Waals surface area contributed by atoms with Crippen LogP contribution in [0.15, 0.2) is 48.5 Å². The average Bonchev–Trinajstić information content (AvgIpc) is 2.91. The Hall–Kier alpha value is -3.35. The number of fused-ring (bicyclic) bond motifs is 1. The van der Waals surface area contributed by atoms with Crippen molar-refractivity contribution in [2.45, 2.75) is 0 Å². The van der Waals surface area contributed by atoms with Crippen molar-refractivity contribution in [2.24, 2.45) is 0 Å². The Labute approximate surface area is 150 Å². The minimum atomic E-state index is -0.669. The lowest BCUT2D eigenvalue weighted by molar-refractivity contribution is -0.144. The van der Waals surface area contributed by atoms with Crippen molar-refractivity contribution in [3.8, 4) is 11.5 Å². The van der Waals surface area contributed by atoms with Crippen LogP contribution >= 0.6 is 0 Å². The van der Waals surface area contributed by atoms with Crippen LogP contribution in [0.1, 0.15) is 20.7 Å². The normalized spacial score (nSPS) is 12.7. The Balaban J connectivity index is 1.45. The van der Waals surface area contributed by atoms with E-state index in [-0.39, 0.29) is 13.2 Å². The van der Waals surface area contributed by atoms with E-state index in [2.05, 4.69) is 0 Å². The predicted octanol–water partition coefficient (Wildman–Crippen LogP) is 1.91. The van der Waals surface area contributed by atoms with Crippen LogP contribution in [0.5, 0.6) is 11.5 Å². The van der Waals surface area contributed by atoms with Crippen molar-refractivity contribution >= 4 is 17.8 Å². The van der Waals surface area contributed by atoms with Crippen LogP contribution in [-0.2, 0) is 9.53 Å². The molecule has 0 aromatic heterocycles. The molecule has 1 aliphatic heterocycles. The molecule has 0 atom stereocenters. The maximum Gasteiger partial charge on any atom is 0.326 e. The van der Waals surface area contributed by atoms with E-state index in [1.165, 1.54) is 0 Å². The van der Waals surface area contributed by atoms with Crippen molar-refractivity contribution in [3.05, 3.63) is 59.7 Å². The van der Waals surface area contributed by atoms with Crippen LogP contribution < -0.4 is 9.47 Å². The fraction of sp³-hybridized carbons (Fsp3) is 0.211. The highest BCUT2D eigenvalue weighted by molar-refractivity contribution is 6.22. The maximum absolute atomic E-state index is 12.2. The van der Waals surface area contributed by atoms with Gasteiger partial charge in [0.15, 0.2) is 0 Å². The molecular weight excluding hydrogens is 338 g/mol. The van der Waals surface area contributed by atoms with E-state index >= 15 is 0 Å². The van der Waals surface area contributed by atoms with Gasteiger partial charge < -0.3 is 14.2 Å². The molecule has 0 spiro atoms. The Morgan fingerprint density at radius 2 is 1.46 bits per heavy atom. The molecule has 0 aliphatic carbocycles. The number of methoxy groups -OCH3 is 1. The number of hydrogen-bond acceptors (Lipinski definition) is 6. The summed E-state index contributed by atoms with van der Waals surface area (Å²) in [6, 6.07) is 13.4. The summed E-state index contributed by atoms with van der Waals surface area (Å²) in [5, 5.41) is 0. The zero-order valence-corrected chi connectivity index (χ0v) is 14.1. The highest BCUT2D eigenvalue weighted by Crippen LogP contribution is 2.22. The number of hydrogen-bond donors (Lipinski definition) is 0. The van der Waals surface area contributed by atoms with Crippen molar-refractivity contribution in [1.82, 2.24) is 4.90 Å². The maximum atomic E-state index is 12.2. The molecule has 1 heterocycles. The molecule has 26 heavy (non-hydrogen) atoms. The van der Waals surface area contributed by atoms with Crippen molar-refractivity contribution < 1.29 is 28.6 Å². The van der Waals surface area contributed by atoms with Crippen LogP contribution in [0.2, 0.25) is 0 Å². The number of ether oxygens (including phenoxy) is 3. The summed E-state index contributed by atoms with van der Waals surface area (Å²) < 4.78 is 15.5. The summed E-state index contributed by atoms with van der Waals surface area (Å²) in [5.41, 5.74) is 0.598. The van der Waals surface area contributed by atoms with E-state index < -0.39 is 24.3 Å². The van der Waals surface area contributed by atoms with Gasteiger partial charge in [-0.3, -0.25) is 19.3 Å². The van der Waals surface area contributed by atoms with Gasteiger partial charge >= 0.3 is 5.97 Å². The lowest BCUT2D eigenvalue weighted by Crippen LogP contribution is -2.36. The van der Waals surface area contributed by atoms with E-state index in [9.17, 15) is 14.4 Å². The topological polar surface area (TPSA) is 82.1 Å². The zero-order chi connectivity index (χ0) is 18.5. The lowest BCUT2D eigenvalue weighted by atomic mass is 10.1. The molecule has 7 nitrogen and oxygen atoms in total. The summed E-state index contributed by atoms with van der Waals surface area (Å²) in [4.78, 5) is 37.1. The van der Waals surface area contributed by atoms with Crippen LogP contribution in [0, 0.1) is 0 Å². The Morgan fingerprint density at radius 1 is 0.885 bits per heavy atom. The molecule has 0 saturated heterocycles. The average molecular weight is 355 g/mol. The highest BCUT2D eigenvalue weighted by atomic mass is 16.6. The minimum absolute atomic E-state index is 0.00797. The summed E-state index contributed by atoms with van der Waals surface area (Å²) in [5.74, 6) is -0.321.